The summed E-state index contributed by atoms with van der Waals surface area (Å²) >= 11 is 5.97. The summed E-state index contributed by atoms with van der Waals surface area (Å²) in [6.45, 7) is 0. The Morgan fingerprint density at radius 3 is 2.11 bits per heavy atom. The third kappa shape index (κ3) is 4.17. The highest BCUT2D eigenvalue weighted by Gasteiger charge is 2.47. The molecule has 0 spiro atoms. The van der Waals surface area contributed by atoms with Gasteiger partial charge in [-0.3, -0.25) is 14.5 Å². The van der Waals surface area contributed by atoms with Crippen molar-refractivity contribution in [2.24, 2.45) is 0 Å². The van der Waals surface area contributed by atoms with E-state index in [-0.39, 0.29) is 33.3 Å². The van der Waals surface area contributed by atoms with Crippen LogP contribution in [0.15, 0.2) is 66.2 Å². The van der Waals surface area contributed by atoms with Crippen molar-refractivity contribution >= 4 is 34.7 Å². The quantitative estimate of drug-likeness (QED) is 0.289. The number of hydrogen-bond donors (Lipinski definition) is 1. The summed E-state index contributed by atoms with van der Waals surface area (Å²) in [7, 11) is 4.33. The maximum absolute atomic E-state index is 13.9. The Bertz CT molecular complexity index is 1320. The molecular formula is C26H21ClFNO6. The summed E-state index contributed by atoms with van der Waals surface area (Å²) < 4.78 is 29.8. The molecule has 35 heavy (non-hydrogen) atoms. The minimum absolute atomic E-state index is 0.117. The molecule has 1 amide bonds. The molecular weight excluding hydrogens is 477 g/mol. The van der Waals surface area contributed by atoms with Crippen molar-refractivity contribution in [2.45, 2.75) is 6.04 Å². The molecule has 1 heterocycles. The molecule has 4 rings (SSSR count). The third-order valence-electron chi connectivity index (χ3n) is 5.72. The minimum Gasteiger partial charge on any atom is -0.506 e. The van der Waals surface area contributed by atoms with Crippen LogP contribution >= 0.6 is 11.6 Å². The molecule has 1 N–H and O–H groups in total. The number of halogens is 2. The number of aliphatic hydroxyl groups is 1. The lowest BCUT2D eigenvalue weighted by molar-refractivity contribution is -0.132. The van der Waals surface area contributed by atoms with Crippen LogP contribution in [0, 0.1) is 5.82 Å². The van der Waals surface area contributed by atoms with Crippen LogP contribution in [-0.2, 0) is 9.59 Å². The van der Waals surface area contributed by atoms with Gasteiger partial charge < -0.3 is 19.3 Å². The van der Waals surface area contributed by atoms with E-state index in [1.165, 1.54) is 38.4 Å². The second-order valence-corrected chi connectivity index (χ2v) is 7.99. The lowest BCUT2D eigenvalue weighted by Gasteiger charge is -2.26. The molecule has 9 heteroatoms. The fourth-order valence-corrected chi connectivity index (χ4v) is 4.23. The van der Waals surface area contributed by atoms with Gasteiger partial charge in [-0.2, -0.15) is 0 Å². The topological polar surface area (TPSA) is 85.3 Å². The minimum atomic E-state index is -1.06. The molecule has 0 bridgehead atoms. The molecule has 1 aliphatic heterocycles. The zero-order chi connectivity index (χ0) is 25.3. The Labute approximate surface area is 205 Å². The van der Waals surface area contributed by atoms with E-state index in [0.29, 0.717) is 11.3 Å². The Morgan fingerprint density at radius 2 is 1.57 bits per heavy atom. The lowest BCUT2D eigenvalue weighted by Crippen LogP contribution is -2.29. The maximum atomic E-state index is 13.9. The van der Waals surface area contributed by atoms with Crippen LogP contribution in [0.1, 0.15) is 17.2 Å². The Morgan fingerprint density at radius 1 is 0.943 bits per heavy atom. The number of aliphatic hydroxyl groups excluding tert-OH is 1. The first-order valence-electron chi connectivity index (χ1n) is 10.4. The van der Waals surface area contributed by atoms with Crippen molar-refractivity contribution in [3.05, 3.63) is 88.2 Å². The van der Waals surface area contributed by atoms with Gasteiger partial charge in [-0.05, 0) is 48.0 Å². The number of amides is 1. The Hall–Kier alpha value is -4.04. The van der Waals surface area contributed by atoms with Crippen molar-refractivity contribution in [1.29, 1.82) is 0 Å². The number of anilines is 1. The molecule has 0 radical (unpaired) electrons. The molecule has 0 aromatic heterocycles. The summed E-state index contributed by atoms with van der Waals surface area (Å²) in [5, 5.41) is 11.2. The number of Topliss-reactive ketones (excluding diaryl/α,β-unsaturated/α-hetero) is 1. The molecule has 1 atom stereocenters. The number of methoxy groups -OCH3 is 3. The van der Waals surface area contributed by atoms with Crippen LogP contribution in [0.4, 0.5) is 10.1 Å². The monoisotopic (exact) mass is 497 g/mol. The number of ketones is 1. The standard InChI is InChI=1S/C26H21ClFNO6/c1-33-16-10-7-14(8-11-16)23-22(24(30)21-19(34-2)5-4-6-20(21)35-3)25(31)26(32)29(23)15-9-12-18(28)17(27)13-15/h4-13,23,30H,1-3H3/b24-22+. The first-order valence-corrected chi connectivity index (χ1v) is 10.8. The zero-order valence-electron chi connectivity index (χ0n) is 19.0. The second kappa shape index (κ2) is 9.68. The number of rotatable bonds is 6. The molecule has 180 valence electrons. The highest BCUT2D eigenvalue weighted by molar-refractivity contribution is 6.52. The van der Waals surface area contributed by atoms with Crippen LogP contribution in [0.3, 0.4) is 0 Å². The van der Waals surface area contributed by atoms with E-state index in [9.17, 15) is 19.1 Å². The third-order valence-corrected chi connectivity index (χ3v) is 6.01. The molecule has 1 unspecified atom stereocenters. The lowest BCUT2D eigenvalue weighted by atomic mass is 9.94. The summed E-state index contributed by atoms with van der Waals surface area (Å²) in [5.74, 6) is -1.96. The number of benzene rings is 3. The van der Waals surface area contributed by atoms with Crippen molar-refractivity contribution in [3.8, 4) is 17.2 Å². The molecule has 7 nitrogen and oxygen atoms in total. The van der Waals surface area contributed by atoms with Gasteiger partial charge in [-0.15, -0.1) is 0 Å². The molecule has 3 aromatic rings. The van der Waals surface area contributed by atoms with Crippen LogP contribution in [0.2, 0.25) is 5.02 Å². The summed E-state index contributed by atoms with van der Waals surface area (Å²) in [6.07, 6.45) is 0. The van der Waals surface area contributed by atoms with Crippen molar-refractivity contribution in [3.63, 3.8) is 0 Å². The fourth-order valence-electron chi connectivity index (χ4n) is 4.05. The Kier molecular flexibility index (Phi) is 6.66. The van der Waals surface area contributed by atoms with E-state index in [1.54, 1.807) is 42.5 Å². The highest BCUT2D eigenvalue weighted by atomic mass is 35.5. The van der Waals surface area contributed by atoms with E-state index >= 15 is 0 Å². The largest absolute Gasteiger partial charge is 0.506 e. The first kappa shape index (κ1) is 24.1. The number of ether oxygens (including phenoxy) is 3. The van der Waals surface area contributed by atoms with Gasteiger partial charge in [-0.25, -0.2) is 4.39 Å². The van der Waals surface area contributed by atoms with Crippen LogP contribution in [-0.4, -0.2) is 38.1 Å². The molecule has 1 saturated heterocycles. The van der Waals surface area contributed by atoms with E-state index in [1.807, 2.05) is 0 Å². The smallest absolute Gasteiger partial charge is 0.300 e. The van der Waals surface area contributed by atoms with E-state index < -0.39 is 29.3 Å². The van der Waals surface area contributed by atoms with E-state index in [0.717, 1.165) is 6.07 Å². The predicted molar refractivity (Wildman–Crippen MR) is 129 cm³/mol. The van der Waals surface area contributed by atoms with Crippen molar-refractivity contribution in [2.75, 3.05) is 26.2 Å². The normalized spacial score (nSPS) is 16.9. The predicted octanol–water partition coefficient (Wildman–Crippen LogP) is 5.13. The SMILES string of the molecule is COc1ccc(C2/C(=C(\O)c3c(OC)cccc3OC)C(=O)C(=O)N2c2ccc(F)c(Cl)c2)cc1. The number of hydrogen-bond acceptors (Lipinski definition) is 6. The molecule has 1 fully saturated rings. The summed E-state index contributed by atoms with van der Waals surface area (Å²) in [6, 6.07) is 14.1. The maximum Gasteiger partial charge on any atom is 0.300 e. The van der Waals surface area contributed by atoms with Crippen LogP contribution < -0.4 is 19.1 Å². The number of carbonyl (C=O) groups is 2. The molecule has 0 saturated carbocycles. The second-order valence-electron chi connectivity index (χ2n) is 7.58. The van der Waals surface area contributed by atoms with E-state index in [2.05, 4.69) is 0 Å². The van der Waals surface area contributed by atoms with Gasteiger partial charge in [0.1, 0.15) is 34.4 Å². The van der Waals surface area contributed by atoms with Gasteiger partial charge in [0, 0.05) is 5.69 Å². The van der Waals surface area contributed by atoms with Gasteiger partial charge in [0.2, 0.25) is 0 Å². The number of carbonyl (C=O) groups excluding carboxylic acids is 2. The van der Waals surface area contributed by atoms with Gasteiger partial charge in [-0.1, -0.05) is 29.8 Å². The number of nitrogens with zero attached hydrogens (tertiary/aromatic N) is 1. The van der Waals surface area contributed by atoms with Gasteiger partial charge in [0.15, 0.2) is 0 Å². The van der Waals surface area contributed by atoms with Crippen LogP contribution in [0.25, 0.3) is 5.76 Å². The Balaban J connectivity index is 2.01. The average Bonchev–Trinajstić information content (AvgIpc) is 3.15. The van der Waals surface area contributed by atoms with Crippen molar-refractivity contribution < 1.29 is 33.3 Å². The summed E-state index contributed by atoms with van der Waals surface area (Å²) in [5.41, 5.74) is 0.612. The van der Waals surface area contributed by atoms with Gasteiger partial charge in [0.25, 0.3) is 11.7 Å². The highest BCUT2D eigenvalue weighted by Crippen LogP contribution is 2.45. The zero-order valence-corrected chi connectivity index (χ0v) is 19.8. The molecule has 0 aliphatic carbocycles. The van der Waals surface area contributed by atoms with Gasteiger partial charge >= 0.3 is 0 Å². The average molecular weight is 498 g/mol. The fraction of sp³-hybridized carbons (Fsp3) is 0.154. The van der Waals surface area contributed by atoms with Crippen LogP contribution in [0.5, 0.6) is 17.2 Å². The summed E-state index contributed by atoms with van der Waals surface area (Å²) in [4.78, 5) is 27.8. The van der Waals surface area contributed by atoms with Gasteiger partial charge in [0.05, 0.1) is 38.0 Å². The molecule has 1 aliphatic rings. The van der Waals surface area contributed by atoms with E-state index in [4.69, 9.17) is 25.8 Å². The first-order chi connectivity index (χ1) is 16.8. The molecule has 3 aromatic carbocycles. The van der Waals surface area contributed by atoms with Crippen molar-refractivity contribution in [1.82, 2.24) is 0 Å².